The highest BCUT2D eigenvalue weighted by molar-refractivity contribution is 5.90. The molecule has 0 aromatic carbocycles. The molecule has 0 aliphatic carbocycles. The molecule has 0 saturated heterocycles. The van der Waals surface area contributed by atoms with E-state index in [9.17, 15) is 4.79 Å². The average Bonchev–Trinajstić information content (AvgIpc) is 2.09. The first-order valence-electron chi connectivity index (χ1n) is 4.36. The van der Waals surface area contributed by atoms with Gasteiger partial charge in [0.25, 0.3) is 0 Å². The van der Waals surface area contributed by atoms with Crippen molar-refractivity contribution in [1.82, 2.24) is 4.98 Å². The van der Waals surface area contributed by atoms with Crippen LogP contribution in [0.5, 0.6) is 0 Å². The summed E-state index contributed by atoms with van der Waals surface area (Å²) in [5.41, 5.74) is 1.03. The first-order valence-corrected chi connectivity index (χ1v) is 4.36. The topological polar surface area (TPSA) is 33.2 Å². The second-order valence-corrected chi connectivity index (χ2v) is 2.91. The second-order valence-electron chi connectivity index (χ2n) is 2.91. The fourth-order valence-electron chi connectivity index (χ4n) is 1.28. The van der Waals surface area contributed by atoms with E-state index in [-0.39, 0.29) is 5.91 Å². The van der Waals surface area contributed by atoms with Crippen LogP contribution in [0.2, 0.25) is 0 Å². The molecule has 0 saturated carbocycles. The molecular formula is C10H14N2O. The lowest BCUT2D eigenvalue weighted by atomic mass is 10.2. The number of hydrogen-bond acceptors (Lipinski definition) is 2. The number of anilines is 1. The standard InChI is InChI=1S/C10H14N2O/c1-4-12(9(3)13)10-8(2)6-5-7-11-10/h5-7H,4H2,1-3H3. The van der Waals surface area contributed by atoms with E-state index < -0.39 is 0 Å². The van der Waals surface area contributed by atoms with Crippen LogP contribution in [0, 0.1) is 6.92 Å². The van der Waals surface area contributed by atoms with Crippen molar-refractivity contribution in [2.45, 2.75) is 20.8 Å². The maximum Gasteiger partial charge on any atom is 0.225 e. The van der Waals surface area contributed by atoms with Gasteiger partial charge in [0.2, 0.25) is 5.91 Å². The Morgan fingerprint density at radius 2 is 2.31 bits per heavy atom. The smallest absolute Gasteiger partial charge is 0.225 e. The fraction of sp³-hybridized carbons (Fsp3) is 0.400. The Balaban J connectivity index is 3.04. The van der Waals surface area contributed by atoms with Crippen LogP contribution >= 0.6 is 0 Å². The molecule has 0 bridgehead atoms. The molecule has 1 aromatic heterocycles. The lowest BCUT2D eigenvalue weighted by Gasteiger charge is -2.19. The summed E-state index contributed by atoms with van der Waals surface area (Å²) in [5, 5.41) is 0. The summed E-state index contributed by atoms with van der Waals surface area (Å²) in [4.78, 5) is 17.1. The van der Waals surface area contributed by atoms with Gasteiger partial charge in [0.1, 0.15) is 5.82 Å². The lowest BCUT2D eigenvalue weighted by Crippen LogP contribution is -2.29. The Kier molecular flexibility index (Phi) is 3.01. The third-order valence-corrected chi connectivity index (χ3v) is 1.93. The average molecular weight is 178 g/mol. The Morgan fingerprint density at radius 1 is 1.62 bits per heavy atom. The van der Waals surface area contributed by atoms with E-state index in [0.717, 1.165) is 11.4 Å². The molecule has 3 heteroatoms. The summed E-state index contributed by atoms with van der Waals surface area (Å²) in [6.07, 6.45) is 1.70. The van der Waals surface area contributed by atoms with Crippen LogP contribution in [0.4, 0.5) is 5.82 Å². The summed E-state index contributed by atoms with van der Waals surface area (Å²) in [6, 6.07) is 3.82. The van der Waals surface area contributed by atoms with Crippen molar-refractivity contribution in [2.75, 3.05) is 11.4 Å². The Hall–Kier alpha value is -1.38. The third-order valence-electron chi connectivity index (χ3n) is 1.93. The Labute approximate surface area is 78.4 Å². The minimum absolute atomic E-state index is 0.0318. The zero-order valence-electron chi connectivity index (χ0n) is 8.24. The molecule has 3 nitrogen and oxygen atoms in total. The van der Waals surface area contributed by atoms with Gasteiger partial charge in [-0.05, 0) is 25.5 Å². The van der Waals surface area contributed by atoms with E-state index in [1.807, 2.05) is 26.0 Å². The first kappa shape index (κ1) is 9.71. The van der Waals surface area contributed by atoms with Crippen molar-refractivity contribution in [3.63, 3.8) is 0 Å². The molecule has 1 rings (SSSR count). The van der Waals surface area contributed by atoms with Gasteiger partial charge in [-0.15, -0.1) is 0 Å². The number of nitrogens with zero attached hydrogens (tertiary/aromatic N) is 2. The molecule has 0 unspecified atom stereocenters. The van der Waals surface area contributed by atoms with Gasteiger partial charge in [0.15, 0.2) is 0 Å². The molecule has 1 heterocycles. The van der Waals surface area contributed by atoms with Crippen molar-refractivity contribution in [3.05, 3.63) is 23.9 Å². The van der Waals surface area contributed by atoms with Gasteiger partial charge in [-0.25, -0.2) is 4.98 Å². The van der Waals surface area contributed by atoms with Crippen LogP contribution in [0.1, 0.15) is 19.4 Å². The van der Waals surface area contributed by atoms with Crippen molar-refractivity contribution in [3.8, 4) is 0 Å². The summed E-state index contributed by atoms with van der Waals surface area (Å²) in [5.74, 6) is 0.793. The largest absolute Gasteiger partial charge is 0.297 e. The number of aromatic nitrogens is 1. The SMILES string of the molecule is CCN(C(C)=O)c1ncccc1C. The molecular weight excluding hydrogens is 164 g/mol. The molecule has 0 N–H and O–H groups in total. The molecule has 1 amide bonds. The van der Waals surface area contributed by atoms with Crippen molar-refractivity contribution in [2.24, 2.45) is 0 Å². The van der Waals surface area contributed by atoms with Gasteiger partial charge < -0.3 is 0 Å². The van der Waals surface area contributed by atoms with Crippen LogP contribution in [0.25, 0.3) is 0 Å². The number of aryl methyl sites for hydroxylation is 1. The normalized spacial score (nSPS) is 9.77. The highest BCUT2D eigenvalue weighted by atomic mass is 16.2. The van der Waals surface area contributed by atoms with Gasteiger partial charge in [0.05, 0.1) is 0 Å². The Morgan fingerprint density at radius 3 is 2.77 bits per heavy atom. The predicted octanol–water partition coefficient (Wildman–Crippen LogP) is 1.76. The number of rotatable bonds is 2. The first-order chi connectivity index (χ1) is 6.16. The van der Waals surface area contributed by atoms with Crippen LogP contribution < -0.4 is 4.90 Å². The zero-order chi connectivity index (χ0) is 9.84. The summed E-state index contributed by atoms with van der Waals surface area (Å²) in [7, 11) is 0. The van der Waals surface area contributed by atoms with Crippen LogP contribution in [-0.2, 0) is 4.79 Å². The minimum atomic E-state index is 0.0318. The van der Waals surface area contributed by atoms with Gasteiger partial charge >= 0.3 is 0 Å². The van der Waals surface area contributed by atoms with E-state index in [2.05, 4.69) is 4.98 Å². The minimum Gasteiger partial charge on any atom is -0.297 e. The molecule has 0 atom stereocenters. The monoisotopic (exact) mass is 178 g/mol. The quantitative estimate of drug-likeness (QED) is 0.691. The zero-order valence-corrected chi connectivity index (χ0v) is 8.24. The third kappa shape index (κ3) is 2.05. The second kappa shape index (κ2) is 4.03. The number of hydrogen-bond donors (Lipinski definition) is 0. The molecule has 0 radical (unpaired) electrons. The van der Waals surface area contributed by atoms with Crippen LogP contribution in [0.3, 0.4) is 0 Å². The molecule has 70 valence electrons. The molecule has 0 aliphatic rings. The number of carbonyl (C=O) groups is 1. The molecule has 0 aliphatic heterocycles. The van der Waals surface area contributed by atoms with Crippen molar-refractivity contribution in [1.29, 1.82) is 0 Å². The van der Waals surface area contributed by atoms with Crippen molar-refractivity contribution < 1.29 is 4.79 Å². The molecule has 1 aromatic rings. The van der Waals surface area contributed by atoms with Gasteiger partial charge in [0, 0.05) is 19.7 Å². The van der Waals surface area contributed by atoms with E-state index in [1.54, 1.807) is 18.0 Å². The molecule has 0 fully saturated rings. The van der Waals surface area contributed by atoms with Crippen LogP contribution in [0.15, 0.2) is 18.3 Å². The fourth-order valence-corrected chi connectivity index (χ4v) is 1.28. The van der Waals surface area contributed by atoms with Crippen LogP contribution in [-0.4, -0.2) is 17.4 Å². The molecule has 13 heavy (non-hydrogen) atoms. The molecule has 0 spiro atoms. The maximum atomic E-state index is 11.2. The summed E-state index contributed by atoms with van der Waals surface area (Å²) < 4.78 is 0. The number of carbonyl (C=O) groups excluding carboxylic acids is 1. The summed E-state index contributed by atoms with van der Waals surface area (Å²) >= 11 is 0. The van der Waals surface area contributed by atoms with E-state index in [1.165, 1.54) is 0 Å². The maximum absolute atomic E-state index is 11.2. The Bertz CT molecular complexity index is 310. The summed E-state index contributed by atoms with van der Waals surface area (Å²) in [6.45, 7) is 6.11. The van der Waals surface area contributed by atoms with E-state index in [0.29, 0.717) is 6.54 Å². The van der Waals surface area contributed by atoms with Gasteiger partial charge in [-0.3, -0.25) is 9.69 Å². The lowest BCUT2D eigenvalue weighted by molar-refractivity contribution is -0.116. The van der Waals surface area contributed by atoms with Crippen molar-refractivity contribution >= 4 is 11.7 Å². The van der Waals surface area contributed by atoms with Gasteiger partial charge in [-0.1, -0.05) is 6.07 Å². The van der Waals surface area contributed by atoms with E-state index in [4.69, 9.17) is 0 Å². The highest BCUT2D eigenvalue weighted by Crippen LogP contribution is 2.15. The highest BCUT2D eigenvalue weighted by Gasteiger charge is 2.11. The number of pyridine rings is 1. The number of amides is 1. The van der Waals surface area contributed by atoms with E-state index >= 15 is 0 Å². The van der Waals surface area contributed by atoms with Gasteiger partial charge in [-0.2, -0.15) is 0 Å². The predicted molar refractivity (Wildman–Crippen MR) is 52.7 cm³/mol.